The number of rotatable bonds is 10. The van der Waals surface area contributed by atoms with E-state index in [2.05, 4.69) is 15.4 Å². The standard InChI is InChI=1S/C15H25N2O5P/c1-4-21-23(19,22-5-2)11-7-10-16-13-8-6-9-14(12-13)17-15(18)20-3/h6,8-9,12,16H,4-5,7,10-11H2,1-3H3,(H,17,18). The molecule has 0 saturated carbocycles. The average Bonchev–Trinajstić information content (AvgIpc) is 2.52. The topological polar surface area (TPSA) is 85.9 Å². The molecule has 0 radical (unpaired) electrons. The smallest absolute Gasteiger partial charge is 0.411 e. The Morgan fingerprint density at radius 3 is 2.43 bits per heavy atom. The molecule has 7 nitrogen and oxygen atoms in total. The number of carbonyl (C=O) groups is 1. The molecule has 0 aromatic heterocycles. The molecule has 1 aromatic carbocycles. The first-order valence-corrected chi connectivity index (χ1v) is 9.32. The van der Waals surface area contributed by atoms with Crippen molar-refractivity contribution < 1.29 is 23.1 Å². The number of methoxy groups -OCH3 is 1. The first kappa shape index (κ1) is 19.5. The second-order valence-electron chi connectivity index (χ2n) is 4.65. The van der Waals surface area contributed by atoms with E-state index in [4.69, 9.17) is 9.05 Å². The van der Waals surface area contributed by atoms with Gasteiger partial charge in [-0.1, -0.05) is 6.07 Å². The van der Waals surface area contributed by atoms with E-state index < -0.39 is 13.7 Å². The molecule has 2 N–H and O–H groups in total. The quantitative estimate of drug-likeness (QED) is 0.494. The summed E-state index contributed by atoms with van der Waals surface area (Å²) in [6, 6.07) is 7.26. The van der Waals surface area contributed by atoms with Crippen molar-refractivity contribution in [2.75, 3.05) is 43.7 Å². The van der Waals surface area contributed by atoms with Crippen molar-refractivity contribution in [3.8, 4) is 0 Å². The minimum absolute atomic E-state index is 0.363. The van der Waals surface area contributed by atoms with Gasteiger partial charge in [-0.05, 0) is 38.5 Å². The van der Waals surface area contributed by atoms with Gasteiger partial charge in [0.25, 0.3) is 0 Å². The van der Waals surface area contributed by atoms with Crippen LogP contribution in [0, 0.1) is 0 Å². The molecule has 1 rings (SSSR count). The van der Waals surface area contributed by atoms with Crippen molar-refractivity contribution in [2.45, 2.75) is 20.3 Å². The van der Waals surface area contributed by atoms with Gasteiger partial charge in [-0.15, -0.1) is 0 Å². The minimum atomic E-state index is -2.99. The number of amides is 1. The van der Waals surface area contributed by atoms with Crippen LogP contribution in [0.4, 0.5) is 16.2 Å². The van der Waals surface area contributed by atoms with Crippen molar-refractivity contribution in [1.29, 1.82) is 0 Å². The summed E-state index contributed by atoms with van der Waals surface area (Å²) in [7, 11) is -1.67. The van der Waals surface area contributed by atoms with Crippen LogP contribution in [-0.2, 0) is 18.3 Å². The Morgan fingerprint density at radius 2 is 1.83 bits per heavy atom. The molecule has 0 heterocycles. The number of ether oxygens (including phenoxy) is 1. The summed E-state index contributed by atoms with van der Waals surface area (Å²) in [5.41, 5.74) is 1.48. The highest BCUT2D eigenvalue weighted by Crippen LogP contribution is 2.48. The molecule has 0 aliphatic carbocycles. The predicted molar refractivity (Wildman–Crippen MR) is 91.3 cm³/mol. The zero-order chi connectivity index (χ0) is 17.1. The van der Waals surface area contributed by atoms with E-state index in [0.717, 1.165) is 5.69 Å². The van der Waals surface area contributed by atoms with Crippen LogP contribution in [0.5, 0.6) is 0 Å². The molecular formula is C15H25N2O5P. The van der Waals surface area contributed by atoms with Gasteiger partial charge in [-0.25, -0.2) is 4.79 Å². The molecule has 0 bridgehead atoms. The van der Waals surface area contributed by atoms with Crippen LogP contribution in [0.3, 0.4) is 0 Å². The molecule has 0 aliphatic rings. The minimum Gasteiger partial charge on any atom is -0.453 e. The second kappa shape index (κ2) is 10.3. The second-order valence-corrected chi connectivity index (χ2v) is 6.83. The zero-order valence-electron chi connectivity index (χ0n) is 13.8. The Kier molecular flexibility index (Phi) is 8.69. The molecule has 1 amide bonds. The first-order valence-electron chi connectivity index (χ1n) is 7.60. The summed E-state index contributed by atoms with van der Waals surface area (Å²) in [6.07, 6.45) is 0.491. The van der Waals surface area contributed by atoms with Gasteiger partial charge in [0.2, 0.25) is 0 Å². The van der Waals surface area contributed by atoms with Gasteiger partial charge in [0.1, 0.15) is 0 Å². The van der Waals surface area contributed by atoms with Gasteiger partial charge in [-0.2, -0.15) is 0 Å². The molecule has 0 saturated heterocycles. The third-order valence-corrected chi connectivity index (χ3v) is 5.05. The van der Waals surface area contributed by atoms with Crippen molar-refractivity contribution in [3.05, 3.63) is 24.3 Å². The molecule has 8 heteroatoms. The number of benzene rings is 1. The molecule has 0 spiro atoms. The molecule has 0 unspecified atom stereocenters. The van der Waals surface area contributed by atoms with Crippen molar-refractivity contribution in [3.63, 3.8) is 0 Å². The van der Waals surface area contributed by atoms with Crippen LogP contribution in [-0.4, -0.2) is 39.1 Å². The van der Waals surface area contributed by atoms with Gasteiger partial charge >= 0.3 is 13.7 Å². The predicted octanol–water partition coefficient (Wildman–Crippen LogP) is 3.93. The largest absolute Gasteiger partial charge is 0.453 e. The average molecular weight is 344 g/mol. The Labute approximate surface area is 137 Å². The fraction of sp³-hybridized carbons (Fsp3) is 0.533. The van der Waals surface area contributed by atoms with Crippen LogP contribution in [0.15, 0.2) is 24.3 Å². The third kappa shape index (κ3) is 7.50. The third-order valence-electron chi connectivity index (χ3n) is 2.88. The first-order chi connectivity index (χ1) is 11.0. The van der Waals surface area contributed by atoms with Gasteiger partial charge in [0, 0.05) is 17.9 Å². The van der Waals surface area contributed by atoms with Crippen LogP contribution < -0.4 is 10.6 Å². The number of carbonyl (C=O) groups excluding carboxylic acids is 1. The van der Waals surface area contributed by atoms with Crippen LogP contribution in [0.25, 0.3) is 0 Å². The van der Waals surface area contributed by atoms with E-state index in [9.17, 15) is 9.36 Å². The van der Waals surface area contributed by atoms with Crippen molar-refractivity contribution in [2.24, 2.45) is 0 Å². The maximum atomic E-state index is 12.3. The number of hydrogen-bond donors (Lipinski definition) is 2. The summed E-state index contributed by atoms with van der Waals surface area (Å²) in [6.45, 7) is 4.94. The lowest BCUT2D eigenvalue weighted by atomic mass is 10.2. The van der Waals surface area contributed by atoms with E-state index in [0.29, 0.717) is 38.0 Å². The van der Waals surface area contributed by atoms with Gasteiger partial charge in [0.15, 0.2) is 0 Å². The van der Waals surface area contributed by atoms with Crippen molar-refractivity contribution >= 4 is 25.1 Å². The van der Waals surface area contributed by atoms with E-state index in [1.165, 1.54) is 7.11 Å². The SMILES string of the molecule is CCOP(=O)(CCCNc1cccc(NC(=O)OC)c1)OCC. The molecular weight excluding hydrogens is 319 g/mol. The van der Waals surface area contributed by atoms with Gasteiger partial charge in [0.05, 0.1) is 26.5 Å². The molecule has 0 aliphatic heterocycles. The highest BCUT2D eigenvalue weighted by Gasteiger charge is 2.22. The number of nitrogens with one attached hydrogen (secondary N) is 2. The van der Waals surface area contributed by atoms with Gasteiger partial charge in [-0.3, -0.25) is 9.88 Å². The van der Waals surface area contributed by atoms with Crippen LogP contribution >= 0.6 is 7.60 Å². The van der Waals surface area contributed by atoms with Crippen LogP contribution in [0.2, 0.25) is 0 Å². The van der Waals surface area contributed by atoms with Crippen molar-refractivity contribution in [1.82, 2.24) is 0 Å². The lowest BCUT2D eigenvalue weighted by molar-refractivity contribution is 0.187. The molecule has 130 valence electrons. The number of hydrogen-bond acceptors (Lipinski definition) is 6. The van der Waals surface area contributed by atoms with Gasteiger partial charge < -0.3 is 19.1 Å². The summed E-state index contributed by atoms with van der Waals surface area (Å²) >= 11 is 0. The Morgan fingerprint density at radius 1 is 1.17 bits per heavy atom. The fourth-order valence-electron chi connectivity index (χ4n) is 1.94. The lowest BCUT2D eigenvalue weighted by Gasteiger charge is -2.17. The molecule has 1 aromatic rings. The lowest BCUT2D eigenvalue weighted by Crippen LogP contribution is -2.11. The molecule has 0 fully saturated rings. The Bertz CT molecular complexity index is 528. The summed E-state index contributed by atoms with van der Waals surface area (Å²) in [5, 5.41) is 5.80. The normalized spacial score (nSPS) is 11.1. The summed E-state index contributed by atoms with van der Waals surface area (Å²) < 4.78 is 27.3. The summed E-state index contributed by atoms with van der Waals surface area (Å²) in [4.78, 5) is 11.2. The fourth-order valence-corrected chi connectivity index (χ4v) is 3.61. The zero-order valence-corrected chi connectivity index (χ0v) is 14.7. The molecule has 0 atom stereocenters. The maximum Gasteiger partial charge on any atom is 0.411 e. The maximum absolute atomic E-state index is 12.3. The Balaban J connectivity index is 2.44. The number of anilines is 2. The highest BCUT2D eigenvalue weighted by atomic mass is 31.2. The van der Waals surface area contributed by atoms with Crippen LogP contribution in [0.1, 0.15) is 20.3 Å². The summed E-state index contributed by atoms with van der Waals surface area (Å²) in [5.74, 6) is 0. The highest BCUT2D eigenvalue weighted by molar-refractivity contribution is 7.53. The Hall–Kier alpha value is -1.56. The van der Waals surface area contributed by atoms with E-state index >= 15 is 0 Å². The van der Waals surface area contributed by atoms with E-state index in [1.54, 1.807) is 26.0 Å². The monoisotopic (exact) mass is 344 g/mol. The van der Waals surface area contributed by atoms with E-state index in [-0.39, 0.29) is 0 Å². The van der Waals surface area contributed by atoms with E-state index in [1.807, 2.05) is 12.1 Å². The molecule has 23 heavy (non-hydrogen) atoms.